The molecule has 142 valence electrons. The lowest BCUT2D eigenvalue weighted by Crippen LogP contribution is -2.36. The third-order valence-electron chi connectivity index (χ3n) is 5.99. The molecule has 1 saturated heterocycles. The molecule has 0 saturated carbocycles. The topological polar surface area (TPSA) is 77.9 Å². The normalized spacial score (nSPS) is 19.4. The maximum absolute atomic E-state index is 10.6. The van der Waals surface area contributed by atoms with Crippen LogP contribution in [0.3, 0.4) is 0 Å². The summed E-state index contributed by atoms with van der Waals surface area (Å²) in [7, 11) is 0. The van der Waals surface area contributed by atoms with Crippen molar-refractivity contribution >= 4 is 27.4 Å². The Bertz CT molecular complexity index is 943. The van der Waals surface area contributed by atoms with E-state index in [2.05, 4.69) is 14.9 Å². The highest BCUT2D eigenvalue weighted by atomic mass is 32.1. The Kier molecular flexibility index (Phi) is 4.36. The van der Waals surface area contributed by atoms with Gasteiger partial charge in [0, 0.05) is 30.4 Å². The van der Waals surface area contributed by atoms with E-state index < -0.39 is 6.10 Å². The number of fused-ring (bicyclic) bond motifs is 3. The van der Waals surface area contributed by atoms with Gasteiger partial charge in [-0.25, -0.2) is 15.0 Å². The van der Waals surface area contributed by atoms with Crippen LogP contribution in [-0.4, -0.2) is 38.1 Å². The SMILES string of the molecule is Cc1nc(N2CCC(C(O)c3ncc[nH]3)CC2)c2c3c(sc2n1)CCCC3. The van der Waals surface area contributed by atoms with Gasteiger partial charge in [-0.1, -0.05) is 0 Å². The molecule has 0 amide bonds. The fraction of sp³-hybridized carbons (Fsp3) is 0.550. The summed E-state index contributed by atoms with van der Waals surface area (Å²) in [5, 5.41) is 11.9. The second-order valence-electron chi connectivity index (χ2n) is 7.73. The number of imidazole rings is 1. The maximum atomic E-state index is 10.6. The molecule has 0 radical (unpaired) electrons. The minimum absolute atomic E-state index is 0.238. The fourth-order valence-electron chi connectivity index (χ4n) is 4.56. The van der Waals surface area contributed by atoms with E-state index in [4.69, 9.17) is 9.97 Å². The quantitative estimate of drug-likeness (QED) is 0.723. The summed E-state index contributed by atoms with van der Waals surface area (Å²) < 4.78 is 0. The molecule has 7 heteroatoms. The first kappa shape index (κ1) is 17.1. The monoisotopic (exact) mass is 383 g/mol. The summed E-state index contributed by atoms with van der Waals surface area (Å²) in [5.41, 5.74) is 1.49. The number of nitrogens with one attached hydrogen (secondary N) is 1. The minimum atomic E-state index is -0.511. The molecule has 0 spiro atoms. The average molecular weight is 384 g/mol. The molecule has 1 fully saturated rings. The van der Waals surface area contributed by atoms with Gasteiger partial charge in [-0.05, 0) is 56.9 Å². The van der Waals surface area contributed by atoms with Crippen molar-refractivity contribution in [2.75, 3.05) is 18.0 Å². The molecule has 6 nitrogen and oxygen atoms in total. The van der Waals surface area contributed by atoms with Gasteiger partial charge in [0.25, 0.3) is 0 Å². The lowest BCUT2D eigenvalue weighted by Gasteiger charge is -2.35. The number of hydrogen-bond donors (Lipinski definition) is 2. The average Bonchev–Trinajstić information content (AvgIpc) is 3.34. The maximum Gasteiger partial charge on any atom is 0.141 e. The summed E-state index contributed by atoms with van der Waals surface area (Å²) >= 11 is 1.87. The number of aromatic amines is 1. The van der Waals surface area contributed by atoms with E-state index >= 15 is 0 Å². The highest BCUT2D eigenvalue weighted by Crippen LogP contribution is 2.41. The first-order valence-electron chi connectivity index (χ1n) is 9.92. The van der Waals surface area contributed by atoms with E-state index in [-0.39, 0.29) is 5.92 Å². The van der Waals surface area contributed by atoms with Crippen molar-refractivity contribution in [2.45, 2.75) is 51.6 Å². The molecule has 2 aliphatic rings. The van der Waals surface area contributed by atoms with Gasteiger partial charge in [0.1, 0.15) is 28.4 Å². The van der Waals surface area contributed by atoms with Crippen LogP contribution in [0, 0.1) is 12.8 Å². The molecule has 3 aromatic heterocycles. The van der Waals surface area contributed by atoms with Crippen molar-refractivity contribution in [3.8, 4) is 0 Å². The van der Waals surface area contributed by atoms with Gasteiger partial charge in [0.2, 0.25) is 0 Å². The number of aliphatic hydroxyl groups is 1. The molecule has 5 rings (SSSR count). The lowest BCUT2D eigenvalue weighted by molar-refractivity contribution is 0.0856. The van der Waals surface area contributed by atoms with E-state index in [9.17, 15) is 5.11 Å². The number of H-pyrrole nitrogens is 1. The molecule has 4 heterocycles. The van der Waals surface area contributed by atoms with E-state index in [1.165, 1.54) is 35.1 Å². The highest BCUT2D eigenvalue weighted by Gasteiger charge is 2.30. The van der Waals surface area contributed by atoms with Gasteiger partial charge in [-0.15, -0.1) is 11.3 Å². The van der Waals surface area contributed by atoms with Crippen LogP contribution in [0.5, 0.6) is 0 Å². The van der Waals surface area contributed by atoms with Crippen LogP contribution in [-0.2, 0) is 12.8 Å². The van der Waals surface area contributed by atoms with Crippen molar-refractivity contribution in [3.63, 3.8) is 0 Å². The molecule has 27 heavy (non-hydrogen) atoms. The Morgan fingerprint density at radius 3 is 2.81 bits per heavy atom. The molecular formula is C20H25N5OS. The molecule has 0 aromatic carbocycles. The minimum Gasteiger partial charge on any atom is -0.385 e. The van der Waals surface area contributed by atoms with Crippen molar-refractivity contribution in [2.24, 2.45) is 5.92 Å². The number of rotatable bonds is 3. The summed E-state index contributed by atoms with van der Waals surface area (Å²) in [6, 6.07) is 0. The molecule has 1 atom stereocenters. The largest absolute Gasteiger partial charge is 0.385 e. The zero-order valence-electron chi connectivity index (χ0n) is 15.6. The number of piperidine rings is 1. The van der Waals surface area contributed by atoms with E-state index in [0.717, 1.165) is 48.8 Å². The van der Waals surface area contributed by atoms with Crippen molar-refractivity contribution < 1.29 is 5.11 Å². The van der Waals surface area contributed by atoms with Gasteiger partial charge in [0.05, 0.1) is 5.39 Å². The van der Waals surface area contributed by atoms with Crippen LogP contribution in [0.2, 0.25) is 0 Å². The van der Waals surface area contributed by atoms with Crippen molar-refractivity contribution in [1.82, 2.24) is 19.9 Å². The highest BCUT2D eigenvalue weighted by molar-refractivity contribution is 7.19. The molecule has 0 bridgehead atoms. The second-order valence-corrected chi connectivity index (χ2v) is 8.81. The molecule has 1 aliphatic heterocycles. The Hall–Kier alpha value is -1.99. The van der Waals surface area contributed by atoms with Crippen LogP contribution in [0.1, 0.15) is 53.9 Å². The standard InChI is InChI=1S/C20H25N5OS/c1-12-23-19(16-14-4-2-3-5-15(14)27-20(16)24-12)25-10-6-13(7-11-25)17(26)18-21-8-9-22-18/h8-9,13,17,26H,2-7,10-11H2,1H3,(H,21,22). The Morgan fingerprint density at radius 2 is 2.04 bits per heavy atom. The van der Waals surface area contributed by atoms with Gasteiger partial charge in [0.15, 0.2) is 0 Å². The number of aromatic nitrogens is 4. The lowest BCUT2D eigenvalue weighted by atomic mass is 9.90. The van der Waals surface area contributed by atoms with Crippen LogP contribution >= 0.6 is 11.3 Å². The number of hydrogen-bond acceptors (Lipinski definition) is 6. The second kappa shape index (κ2) is 6.87. The summed E-state index contributed by atoms with van der Waals surface area (Å²) in [4.78, 5) is 22.0. The molecule has 2 N–H and O–H groups in total. The summed E-state index contributed by atoms with van der Waals surface area (Å²) in [6.07, 6.45) is 9.75. The van der Waals surface area contributed by atoms with Crippen LogP contribution in [0.25, 0.3) is 10.2 Å². The first-order valence-corrected chi connectivity index (χ1v) is 10.7. The number of aliphatic hydroxyl groups excluding tert-OH is 1. The number of aryl methyl sites for hydroxylation is 3. The van der Waals surface area contributed by atoms with Crippen molar-refractivity contribution in [3.05, 3.63) is 34.5 Å². The van der Waals surface area contributed by atoms with Gasteiger partial charge < -0.3 is 15.0 Å². The first-order chi connectivity index (χ1) is 13.2. The third-order valence-corrected chi connectivity index (χ3v) is 7.18. The third kappa shape index (κ3) is 3.02. The van der Waals surface area contributed by atoms with Crippen LogP contribution in [0.4, 0.5) is 5.82 Å². The Labute approximate surface area is 162 Å². The molecular weight excluding hydrogens is 358 g/mol. The fourth-order valence-corrected chi connectivity index (χ4v) is 5.86. The van der Waals surface area contributed by atoms with Gasteiger partial charge in [-0.3, -0.25) is 0 Å². The van der Waals surface area contributed by atoms with Gasteiger partial charge in [-0.2, -0.15) is 0 Å². The number of anilines is 1. The molecule has 1 aliphatic carbocycles. The van der Waals surface area contributed by atoms with E-state index in [1.54, 1.807) is 12.4 Å². The van der Waals surface area contributed by atoms with Crippen LogP contribution in [0.15, 0.2) is 12.4 Å². The van der Waals surface area contributed by atoms with E-state index in [1.807, 2.05) is 18.3 Å². The molecule has 1 unspecified atom stereocenters. The Balaban J connectivity index is 1.42. The number of thiophene rings is 1. The van der Waals surface area contributed by atoms with Crippen molar-refractivity contribution in [1.29, 1.82) is 0 Å². The number of nitrogens with zero attached hydrogens (tertiary/aromatic N) is 4. The smallest absolute Gasteiger partial charge is 0.141 e. The van der Waals surface area contributed by atoms with Crippen LogP contribution < -0.4 is 4.90 Å². The zero-order valence-corrected chi connectivity index (χ0v) is 16.4. The van der Waals surface area contributed by atoms with E-state index in [0.29, 0.717) is 5.82 Å². The molecule has 3 aromatic rings. The van der Waals surface area contributed by atoms with Gasteiger partial charge >= 0.3 is 0 Å². The summed E-state index contributed by atoms with van der Waals surface area (Å²) in [5.74, 6) is 2.89. The Morgan fingerprint density at radius 1 is 1.22 bits per heavy atom. The summed E-state index contributed by atoms with van der Waals surface area (Å²) in [6.45, 7) is 3.83. The zero-order chi connectivity index (χ0) is 18.4. The predicted molar refractivity (Wildman–Crippen MR) is 107 cm³/mol. The predicted octanol–water partition coefficient (Wildman–Crippen LogP) is 3.55.